The largest absolute Gasteiger partial charge is 0.388 e. The normalized spacial score (nSPS) is 24.7. The van der Waals surface area contributed by atoms with Gasteiger partial charge in [-0.25, -0.2) is 4.98 Å². The fraction of sp³-hybridized carbons (Fsp3) is 0.458. The monoisotopic (exact) mass is 509 g/mol. The molecule has 0 spiro atoms. The molecule has 0 unspecified atom stereocenters. The van der Waals surface area contributed by atoms with Gasteiger partial charge in [0.25, 0.3) is 0 Å². The van der Waals surface area contributed by atoms with Crippen LogP contribution in [0.15, 0.2) is 42.5 Å². The number of nitrogens with one attached hydrogen (secondary N) is 2. The summed E-state index contributed by atoms with van der Waals surface area (Å²) < 4.78 is 6.33. The molecule has 1 aliphatic heterocycles. The molecule has 2 heterocycles. The summed E-state index contributed by atoms with van der Waals surface area (Å²) in [6.07, 6.45) is -2.43. The van der Waals surface area contributed by atoms with E-state index in [4.69, 9.17) is 9.72 Å². The number of fused-ring (bicyclic) bond motifs is 1. The second kappa shape index (κ2) is 11.7. The number of benzene rings is 2. The van der Waals surface area contributed by atoms with Crippen molar-refractivity contribution in [3.63, 3.8) is 0 Å². The van der Waals surface area contributed by atoms with Crippen LogP contribution >= 0.6 is 23.7 Å². The first kappa shape index (κ1) is 26.8. The van der Waals surface area contributed by atoms with E-state index in [0.717, 1.165) is 41.2 Å². The Morgan fingerprint density at radius 3 is 2.59 bits per heavy atom. The number of aliphatic hydroxyl groups excluding tert-OH is 3. The number of hydrogen-bond acceptors (Lipinski definition) is 9. The number of aromatic nitrogens is 1. The molecule has 6 N–H and O–H groups in total. The van der Waals surface area contributed by atoms with Crippen molar-refractivity contribution in [1.29, 1.82) is 0 Å². The van der Waals surface area contributed by atoms with Gasteiger partial charge in [0.1, 0.15) is 23.3 Å². The average Bonchev–Trinajstić information content (AvgIpc) is 3.23. The minimum absolute atomic E-state index is 0. The maximum atomic E-state index is 10.3. The fourth-order valence-corrected chi connectivity index (χ4v) is 4.88. The number of nitrogens with zero attached hydrogens (tertiary/aromatic N) is 1. The molecule has 1 aliphatic rings. The minimum Gasteiger partial charge on any atom is -0.388 e. The van der Waals surface area contributed by atoms with Crippen LogP contribution in [-0.4, -0.2) is 75.8 Å². The van der Waals surface area contributed by atoms with Crippen molar-refractivity contribution in [2.45, 2.75) is 43.9 Å². The first-order valence-corrected chi connectivity index (χ1v) is 12.0. The van der Waals surface area contributed by atoms with E-state index in [1.54, 1.807) is 11.3 Å². The van der Waals surface area contributed by atoms with Crippen LogP contribution in [0.3, 0.4) is 0 Å². The third-order valence-electron chi connectivity index (χ3n) is 5.85. The standard InChI is InChI=1S/C24H31N3O5S.ClH/c1-15-4-9-18-20(12-15)33-23(27-18)16-5-7-17(8-6-16)26-11-3-2-10-25-14-24(31)22(30)21(29)19(28)13-32-24;/h4-9,12,19,21-22,25-26,28-31H,2-3,10-11,13-14H2,1H3;1H/t19-,21-,22+,24-;/m1./s1. The second-order valence-corrected chi connectivity index (χ2v) is 9.57. The van der Waals surface area contributed by atoms with Crippen molar-refractivity contribution in [2.24, 2.45) is 0 Å². The Morgan fingerprint density at radius 2 is 1.82 bits per heavy atom. The summed E-state index contributed by atoms with van der Waals surface area (Å²) in [5.74, 6) is -1.90. The van der Waals surface area contributed by atoms with Gasteiger partial charge in [-0.05, 0) is 68.3 Å². The molecule has 1 fully saturated rings. The van der Waals surface area contributed by atoms with Crippen LogP contribution < -0.4 is 10.6 Å². The molecule has 8 nitrogen and oxygen atoms in total. The van der Waals surface area contributed by atoms with Crippen molar-refractivity contribution in [3.8, 4) is 10.6 Å². The molecule has 0 radical (unpaired) electrons. The van der Waals surface area contributed by atoms with Crippen molar-refractivity contribution in [3.05, 3.63) is 48.0 Å². The van der Waals surface area contributed by atoms with E-state index in [1.807, 2.05) is 0 Å². The van der Waals surface area contributed by atoms with Gasteiger partial charge in [-0.2, -0.15) is 0 Å². The van der Waals surface area contributed by atoms with Crippen LogP contribution in [0.1, 0.15) is 18.4 Å². The molecule has 4 rings (SSSR count). The lowest BCUT2D eigenvalue weighted by Gasteiger charge is -2.41. The fourth-order valence-electron chi connectivity index (χ4n) is 3.81. The van der Waals surface area contributed by atoms with E-state index in [9.17, 15) is 20.4 Å². The minimum atomic E-state index is -1.90. The van der Waals surface area contributed by atoms with Crippen LogP contribution in [0.5, 0.6) is 0 Å². The lowest BCUT2D eigenvalue weighted by atomic mass is 9.97. The first-order chi connectivity index (χ1) is 15.9. The maximum Gasteiger partial charge on any atom is 0.207 e. The molecule has 4 atom stereocenters. The topological polar surface area (TPSA) is 127 Å². The van der Waals surface area contributed by atoms with Crippen LogP contribution in [0.4, 0.5) is 5.69 Å². The molecule has 0 aliphatic carbocycles. The number of rotatable bonds is 9. The summed E-state index contributed by atoms with van der Waals surface area (Å²) in [4.78, 5) is 4.73. The highest BCUT2D eigenvalue weighted by atomic mass is 35.5. The van der Waals surface area contributed by atoms with Gasteiger partial charge in [0, 0.05) is 17.8 Å². The smallest absolute Gasteiger partial charge is 0.207 e. The van der Waals surface area contributed by atoms with E-state index in [0.29, 0.717) is 6.54 Å². The Kier molecular flexibility index (Phi) is 9.25. The van der Waals surface area contributed by atoms with E-state index in [-0.39, 0.29) is 25.6 Å². The average molecular weight is 510 g/mol. The summed E-state index contributed by atoms with van der Waals surface area (Å²) in [7, 11) is 0. The van der Waals surface area contributed by atoms with Crippen molar-refractivity contribution < 1.29 is 25.2 Å². The summed E-state index contributed by atoms with van der Waals surface area (Å²) in [5.41, 5.74) is 4.42. The van der Waals surface area contributed by atoms with Gasteiger partial charge in [0.05, 0.1) is 23.4 Å². The van der Waals surface area contributed by atoms with Gasteiger partial charge < -0.3 is 35.8 Å². The predicted octanol–water partition coefficient (Wildman–Crippen LogP) is 2.28. The SMILES string of the molecule is Cc1ccc2nc(-c3ccc(NCCCCNC[C@@]4(O)OC[C@@H](O)[C@@H](O)[C@@H]4O)cc3)sc2c1.Cl. The van der Waals surface area contributed by atoms with E-state index in [1.165, 1.54) is 10.3 Å². The Hall–Kier alpha value is -1.82. The summed E-state index contributed by atoms with van der Waals surface area (Å²) >= 11 is 1.70. The number of anilines is 1. The van der Waals surface area contributed by atoms with Gasteiger partial charge in [0.2, 0.25) is 5.79 Å². The van der Waals surface area contributed by atoms with Crippen LogP contribution in [0.2, 0.25) is 0 Å². The molecule has 10 heteroatoms. The number of ether oxygens (including phenoxy) is 1. The van der Waals surface area contributed by atoms with E-state index in [2.05, 4.69) is 60.0 Å². The predicted molar refractivity (Wildman–Crippen MR) is 137 cm³/mol. The zero-order valence-corrected chi connectivity index (χ0v) is 20.6. The highest BCUT2D eigenvalue weighted by Crippen LogP contribution is 2.31. The van der Waals surface area contributed by atoms with Gasteiger partial charge >= 0.3 is 0 Å². The van der Waals surface area contributed by atoms with Crippen LogP contribution in [0.25, 0.3) is 20.8 Å². The number of thiazole rings is 1. The number of aliphatic hydroxyl groups is 4. The molecule has 0 amide bonds. The molecule has 0 saturated carbocycles. The molecule has 34 heavy (non-hydrogen) atoms. The summed E-state index contributed by atoms with van der Waals surface area (Å²) in [6.45, 7) is 3.26. The summed E-state index contributed by atoms with van der Waals surface area (Å²) in [5, 5.41) is 46.9. The van der Waals surface area contributed by atoms with Crippen LogP contribution in [0, 0.1) is 6.92 Å². The van der Waals surface area contributed by atoms with Gasteiger partial charge in [-0.15, -0.1) is 23.7 Å². The maximum absolute atomic E-state index is 10.3. The van der Waals surface area contributed by atoms with Gasteiger partial charge in [-0.3, -0.25) is 0 Å². The van der Waals surface area contributed by atoms with Gasteiger partial charge in [0.15, 0.2) is 0 Å². The third-order valence-corrected chi connectivity index (χ3v) is 6.91. The molecule has 0 bridgehead atoms. The summed E-state index contributed by atoms with van der Waals surface area (Å²) in [6, 6.07) is 14.6. The van der Waals surface area contributed by atoms with Crippen LogP contribution in [-0.2, 0) is 4.74 Å². The van der Waals surface area contributed by atoms with Gasteiger partial charge in [-0.1, -0.05) is 6.07 Å². The van der Waals surface area contributed by atoms with Crippen molar-refractivity contribution in [2.75, 3.05) is 31.6 Å². The molecule has 1 saturated heterocycles. The number of halogens is 1. The number of unbranched alkanes of at least 4 members (excludes halogenated alkanes) is 1. The molecular formula is C24H32ClN3O5S. The Balaban J connectivity index is 0.00000324. The third kappa shape index (κ3) is 6.24. The van der Waals surface area contributed by atoms with Crippen molar-refractivity contribution in [1.82, 2.24) is 10.3 Å². The molecule has 3 aromatic rings. The molecular weight excluding hydrogens is 478 g/mol. The lowest BCUT2D eigenvalue weighted by Crippen LogP contribution is -2.64. The second-order valence-electron chi connectivity index (χ2n) is 8.54. The van der Waals surface area contributed by atoms with E-state index < -0.39 is 24.1 Å². The Morgan fingerprint density at radius 1 is 1.09 bits per heavy atom. The lowest BCUT2D eigenvalue weighted by molar-refractivity contribution is -0.317. The van der Waals surface area contributed by atoms with E-state index >= 15 is 0 Å². The number of aryl methyl sites for hydroxylation is 1. The Labute approximate surface area is 209 Å². The Bertz CT molecular complexity index is 1070. The quantitative estimate of drug-likeness (QED) is 0.242. The molecule has 1 aromatic heterocycles. The highest BCUT2D eigenvalue weighted by Gasteiger charge is 2.48. The first-order valence-electron chi connectivity index (χ1n) is 11.2. The molecule has 2 aromatic carbocycles. The zero-order valence-electron chi connectivity index (χ0n) is 19.0. The zero-order chi connectivity index (χ0) is 23.4. The number of hydrogen-bond donors (Lipinski definition) is 6. The highest BCUT2D eigenvalue weighted by molar-refractivity contribution is 7.21. The molecule has 186 valence electrons. The van der Waals surface area contributed by atoms with Crippen molar-refractivity contribution >= 4 is 39.6 Å².